The number of nitrogen functional groups attached to an aromatic ring is 1. The maximum atomic E-state index is 5.95. The largest absolute Gasteiger partial charge is 0.497 e. The van der Waals surface area contributed by atoms with Gasteiger partial charge in [0, 0.05) is 18.7 Å². The zero-order valence-electron chi connectivity index (χ0n) is 10.7. The van der Waals surface area contributed by atoms with Gasteiger partial charge in [-0.3, -0.25) is 0 Å². The molecule has 7 heteroatoms. The Labute approximate surface area is 116 Å². The second-order valence-corrected chi connectivity index (χ2v) is 4.99. The minimum Gasteiger partial charge on any atom is -0.497 e. The van der Waals surface area contributed by atoms with Crippen LogP contribution in [0.3, 0.4) is 0 Å². The van der Waals surface area contributed by atoms with Crippen LogP contribution in [-0.2, 0) is 6.42 Å². The van der Waals surface area contributed by atoms with Crippen LogP contribution in [0.2, 0.25) is 0 Å². The van der Waals surface area contributed by atoms with Gasteiger partial charge in [0.05, 0.1) is 7.11 Å². The minimum absolute atomic E-state index is 0.589. The lowest BCUT2D eigenvalue weighted by atomic mass is 10.1. The number of aromatic nitrogens is 3. The van der Waals surface area contributed by atoms with E-state index in [0.29, 0.717) is 18.1 Å². The molecule has 0 fully saturated rings. The van der Waals surface area contributed by atoms with E-state index in [1.165, 1.54) is 16.4 Å². The number of ether oxygens (including phenoxy) is 1. The number of rotatable bonds is 6. The van der Waals surface area contributed by atoms with Gasteiger partial charge >= 0.3 is 0 Å². The molecule has 4 N–H and O–H groups in total. The second-order valence-electron chi connectivity index (χ2n) is 3.93. The van der Waals surface area contributed by atoms with Crippen molar-refractivity contribution in [2.24, 2.45) is 5.73 Å². The summed E-state index contributed by atoms with van der Waals surface area (Å²) in [6.07, 6.45) is 0.636. The molecule has 0 amide bonds. The van der Waals surface area contributed by atoms with Crippen LogP contribution in [0.25, 0.3) is 0 Å². The van der Waals surface area contributed by atoms with Gasteiger partial charge in [-0.1, -0.05) is 23.9 Å². The Bertz CT molecular complexity index is 525. The van der Waals surface area contributed by atoms with Gasteiger partial charge in [0.25, 0.3) is 0 Å². The molecule has 1 aromatic carbocycles. The summed E-state index contributed by atoms with van der Waals surface area (Å²) in [4.78, 5) is 0. The minimum atomic E-state index is 0.589. The molecule has 2 aromatic rings. The van der Waals surface area contributed by atoms with Crippen LogP contribution >= 0.6 is 11.8 Å². The first-order valence-corrected chi connectivity index (χ1v) is 6.88. The molecule has 0 unspecified atom stereocenters. The normalized spacial score (nSPS) is 10.6. The standard InChI is InChI=1S/C12H17N5OS/c1-18-10-4-2-9(3-5-10)8-11-15-16-12(17(11)14)19-7-6-13/h2-5H,6-8,13-14H2,1H3. The molecule has 1 aromatic heterocycles. The van der Waals surface area contributed by atoms with E-state index < -0.39 is 0 Å². The van der Waals surface area contributed by atoms with E-state index in [4.69, 9.17) is 16.3 Å². The highest BCUT2D eigenvalue weighted by atomic mass is 32.2. The molecule has 0 spiro atoms. The number of hydrogen-bond donors (Lipinski definition) is 2. The quantitative estimate of drug-likeness (QED) is 0.595. The number of nitrogens with two attached hydrogens (primary N) is 2. The zero-order valence-corrected chi connectivity index (χ0v) is 11.6. The van der Waals surface area contributed by atoms with E-state index in [1.54, 1.807) is 7.11 Å². The van der Waals surface area contributed by atoms with E-state index >= 15 is 0 Å². The summed E-state index contributed by atoms with van der Waals surface area (Å²) in [6, 6.07) is 7.80. The van der Waals surface area contributed by atoms with E-state index in [0.717, 1.165) is 22.9 Å². The summed E-state index contributed by atoms with van der Waals surface area (Å²) in [6.45, 7) is 0.589. The van der Waals surface area contributed by atoms with E-state index in [-0.39, 0.29) is 0 Å². The lowest BCUT2D eigenvalue weighted by molar-refractivity contribution is 0.414. The van der Waals surface area contributed by atoms with Crippen molar-refractivity contribution in [2.45, 2.75) is 11.6 Å². The van der Waals surface area contributed by atoms with Crippen LogP contribution in [0.4, 0.5) is 0 Å². The average Bonchev–Trinajstić information content (AvgIpc) is 2.78. The van der Waals surface area contributed by atoms with E-state index in [9.17, 15) is 0 Å². The van der Waals surface area contributed by atoms with Crippen LogP contribution < -0.4 is 16.3 Å². The highest BCUT2D eigenvalue weighted by molar-refractivity contribution is 7.99. The number of hydrogen-bond acceptors (Lipinski definition) is 6. The summed E-state index contributed by atoms with van der Waals surface area (Å²) in [5, 5.41) is 8.84. The van der Waals surface area contributed by atoms with Crippen LogP contribution in [-0.4, -0.2) is 34.3 Å². The third-order valence-corrected chi connectivity index (χ3v) is 3.58. The van der Waals surface area contributed by atoms with Gasteiger partial charge in [0.2, 0.25) is 5.16 Å². The Morgan fingerprint density at radius 1 is 1.26 bits per heavy atom. The van der Waals surface area contributed by atoms with Crippen LogP contribution in [0.5, 0.6) is 5.75 Å². The Kier molecular flexibility index (Phi) is 4.64. The molecule has 0 saturated carbocycles. The topological polar surface area (TPSA) is 92.0 Å². The monoisotopic (exact) mass is 279 g/mol. The van der Waals surface area contributed by atoms with Crippen LogP contribution in [0, 0.1) is 0 Å². The second kappa shape index (κ2) is 6.44. The highest BCUT2D eigenvalue weighted by Crippen LogP contribution is 2.17. The first-order valence-electron chi connectivity index (χ1n) is 5.89. The molecule has 0 saturated heterocycles. The first kappa shape index (κ1) is 13.7. The summed E-state index contributed by atoms with van der Waals surface area (Å²) in [5.41, 5.74) is 6.56. The third kappa shape index (κ3) is 3.39. The maximum Gasteiger partial charge on any atom is 0.209 e. The average molecular weight is 279 g/mol. The van der Waals surface area contributed by atoms with E-state index in [2.05, 4.69) is 10.2 Å². The summed E-state index contributed by atoms with van der Waals surface area (Å²) >= 11 is 1.50. The maximum absolute atomic E-state index is 5.95. The molecule has 102 valence electrons. The van der Waals surface area contributed by atoms with Crippen molar-refractivity contribution in [2.75, 3.05) is 25.3 Å². The van der Waals surface area contributed by atoms with Crippen molar-refractivity contribution in [3.8, 4) is 5.75 Å². The fraction of sp³-hybridized carbons (Fsp3) is 0.333. The van der Waals surface area contributed by atoms with Crippen LogP contribution in [0.15, 0.2) is 29.4 Å². The summed E-state index contributed by atoms with van der Waals surface area (Å²) in [7, 11) is 1.65. The van der Waals surface area contributed by atoms with Gasteiger partial charge in [-0.2, -0.15) is 0 Å². The third-order valence-electron chi connectivity index (χ3n) is 2.61. The Hall–Kier alpha value is -1.73. The van der Waals surface area contributed by atoms with Crippen molar-refractivity contribution in [1.82, 2.24) is 14.9 Å². The molecular weight excluding hydrogens is 262 g/mol. The molecule has 2 rings (SSSR count). The highest BCUT2D eigenvalue weighted by Gasteiger charge is 2.10. The van der Waals surface area contributed by atoms with Crippen molar-refractivity contribution in [3.63, 3.8) is 0 Å². The molecule has 0 atom stereocenters. The molecule has 6 nitrogen and oxygen atoms in total. The number of thioether (sulfide) groups is 1. The fourth-order valence-corrected chi connectivity index (χ4v) is 2.25. The Morgan fingerprint density at radius 3 is 2.63 bits per heavy atom. The molecule has 0 aliphatic rings. The number of benzene rings is 1. The van der Waals surface area contributed by atoms with Gasteiger partial charge < -0.3 is 16.3 Å². The van der Waals surface area contributed by atoms with Gasteiger partial charge in [-0.05, 0) is 17.7 Å². The molecular formula is C12H17N5OS. The number of nitrogens with zero attached hydrogens (tertiary/aromatic N) is 3. The Balaban J connectivity index is 2.07. The summed E-state index contributed by atoms with van der Waals surface area (Å²) < 4.78 is 6.64. The predicted molar refractivity (Wildman–Crippen MR) is 75.8 cm³/mol. The molecule has 0 radical (unpaired) electrons. The van der Waals surface area contributed by atoms with Crippen molar-refractivity contribution < 1.29 is 4.74 Å². The van der Waals surface area contributed by atoms with Gasteiger partial charge in [-0.15, -0.1) is 10.2 Å². The molecule has 1 heterocycles. The lowest BCUT2D eigenvalue weighted by Gasteiger charge is -2.04. The van der Waals surface area contributed by atoms with E-state index in [1.807, 2.05) is 24.3 Å². The van der Waals surface area contributed by atoms with Crippen molar-refractivity contribution in [3.05, 3.63) is 35.7 Å². The molecule has 0 bridgehead atoms. The SMILES string of the molecule is COc1ccc(Cc2nnc(SCCN)n2N)cc1. The van der Waals surface area contributed by atoms with Gasteiger partial charge in [-0.25, -0.2) is 4.68 Å². The smallest absolute Gasteiger partial charge is 0.209 e. The Morgan fingerprint density at radius 2 is 2.00 bits per heavy atom. The van der Waals surface area contributed by atoms with Crippen LogP contribution in [0.1, 0.15) is 11.4 Å². The van der Waals surface area contributed by atoms with Crippen molar-refractivity contribution in [1.29, 1.82) is 0 Å². The van der Waals surface area contributed by atoms with Gasteiger partial charge in [0.1, 0.15) is 5.75 Å². The first-order chi connectivity index (χ1) is 9.24. The lowest BCUT2D eigenvalue weighted by Crippen LogP contribution is -2.15. The fourth-order valence-electron chi connectivity index (χ4n) is 1.60. The van der Waals surface area contributed by atoms with Crippen molar-refractivity contribution >= 4 is 11.8 Å². The molecule has 0 aliphatic carbocycles. The summed E-state index contributed by atoms with van der Waals surface area (Å²) in [5.74, 6) is 8.29. The molecule has 19 heavy (non-hydrogen) atoms. The van der Waals surface area contributed by atoms with Gasteiger partial charge in [0.15, 0.2) is 5.82 Å². The zero-order chi connectivity index (χ0) is 13.7. The molecule has 0 aliphatic heterocycles. The number of methoxy groups -OCH3 is 1. The predicted octanol–water partition coefficient (Wildman–Crippen LogP) is 0.642.